The second kappa shape index (κ2) is 5.22. The first-order chi connectivity index (χ1) is 10.8. The Labute approximate surface area is 134 Å². The molecule has 1 atom stereocenters. The van der Waals surface area contributed by atoms with E-state index < -0.39 is 5.97 Å². The van der Waals surface area contributed by atoms with Gasteiger partial charge in [0, 0.05) is 6.20 Å². The summed E-state index contributed by atoms with van der Waals surface area (Å²) in [4.78, 5) is 23.2. The summed E-state index contributed by atoms with van der Waals surface area (Å²) < 4.78 is 1.34. The van der Waals surface area contributed by atoms with Gasteiger partial charge in [-0.1, -0.05) is 44.2 Å². The number of hydrogen-bond acceptors (Lipinski definition) is 3. The number of nitrogens with one attached hydrogen (secondary N) is 1. The van der Waals surface area contributed by atoms with Gasteiger partial charge in [0.1, 0.15) is 6.54 Å². The Balaban J connectivity index is 1.74. The Kier molecular flexibility index (Phi) is 3.47. The highest BCUT2D eigenvalue weighted by atomic mass is 16.4. The van der Waals surface area contributed by atoms with E-state index in [0.717, 1.165) is 12.0 Å². The summed E-state index contributed by atoms with van der Waals surface area (Å²) in [6.07, 6.45) is 2.37. The summed E-state index contributed by atoms with van der Waals surface area (Å²) in [5.41, 5.74) is 0.640. The predicted molar refractivity (Wildman–Crippen MR) is 83.8 cm³/mol. The van der Waals surface area contributed by atoms with E-state index in [-0.39, 0.29) is 29.1 Å². The normalized spacial score (nSPS) is 21.7. The van der Waals surface area contributed by atoms with Crippen molar-refractivity contribution < 1.29 is 14.7 Å². The molecule has 0 bridgehead atoms. The van der Waals surface area contributed by atoms with E-state index in [0.29, 0.717) is 0 Å². The maximum atomic E-state index is 12.4. The molecule has 3 rings (SSSR count). The summed E-state index contributed by atoms with van der Waals surface area (Å²) in [5, 5.41) is 15.8. The number of benzene rings is 1. The van der Waals surface area contributed by atoms with Gasteiger partial charge in [-0.25, -0.2) is 4.79 Å². The van der Waals surface area contributed by atoms with Gasteiger partial charge < -0.3 is 10.4 Å². The van der Waals surface area contributed by atoms with Crippen molar-refractivity contribution in [1.82, 2.24) is 15.1 Å². The fraction of sp³-hybridized carbons (Fsp3) is 0.353. The molecule has 6 nitrogen and oxygen atoms in total. The molecule has 1 unspecified atom stereocenters. The lowest BCUT2D eigenvalue weighted by Gasteiger charge is -2.23. The van der Waals surface area contributed by atoms with Crippen molar-refractivity contribution in [3.8, 4) is 0 Å². The topological polar surface area (TPSA) is 84.2 Å². The molecule has 1 amide bonds. The number of rotatable bonds is 5. The van der Waals surface area contributed by atoms with Crippen LogP contribution in [-0.4, -0.2) is 26.8 Å². The molecule has 0 radical (unpaired) electrons. The molecule has 23 heavy (non-hydrogen) atoms. The highest BCUT2D eigenvalue weighted by molar-refractivity contribution is 5.85. The van der Waals surface area contributed by atoms with Crippen LogP contribution >= 0.6 is 0 Å². The highest BCUT2D eigenvalue weighted by Crippen LogP contribution is 2.62. The first-order valence-electron chi connectivity index (χ1n) is 7.47. The van der Waals surface area contributed by atoms with Gasteiger partial charge in [-0.05, 0) is 23.5 Å². The minimum absolute atomic E-state index is 0.00204. The Morgan fingerprint density at radius 1 is 1.26 bits per heavy atom. The number of carboxylic acids is 1. The second-order valence-electron chi connectivity index (χ2n) is 6.58. The number of carbonyl (C=O) groups excluding carboxylic acids is 1. The summed E-state index contributed by atoms with van der Waals surface area (Å²) in [6, 6.07) is 11.3. The van der Waals surface area contributed by atoms with Crippen LogP contribution in [-0.2, 0) is 16.9 Å². The van der Waals surface area contributed by atoms with Crippen LogP contribution in [0.2, 0.25) is 0 Å². The molecular formula is C17H19N3O3. The van der Waals surface area contributed by atoms with E-state index >= 15 is 0 Å². The number of aromatic carboxylic acids is 1. The van der Waals surface area contributed by atoms with E-state index in [1.54, 1.807) is 0 Å². The molecule has 0 aliphatic heterocycles. The van der Waals surface area contributed by atoms with Crippen molar-refractivity contribution >= 4 is 11.9 Å². The van der Waals surface area contributed by atoms with Crippen molar-refractivity contribution in [1.29, 1.82) is 0 Å². The first-order valence-corrected chi connectivity index (χ1v) is 7.47. The molecule has 1 aliphatic carbocycles. The Bertz CT molecular complexity index is 751. The van der Waals surface area contributed by atoms with Crippen molar-refractivity contribution in [2.24, 2.45) is 5.41 Å². The fourth-order valence-corrected chi connectivity index (χ4v) is 3.11. The van der Waals surface area contributed by atoms with E-state index in [9.17, 15) is 9.59 Å². The largest absolute Gasteiger partial charge is 0.476 e. The van der Waals surface area contributed by atoms with Crippen LogP contribution in [0, 0.1) is 5.41 Å². The van der Waals surface area contributed by atoms with Crippen LogP contribution in [0.1, 0.15) is 36.3 Å². The van der Waals surface area contributed by atoms with Gasteiger partial charge >= 0.3 is 5.97 Å². The third kappa shape index (κ3) is 2.72. The molecule has 120 valence electrons. The first kappa shape index (κ1) is 15.3. The molecule has 0 spiro atoms. The van der Waals surface area contributed by atoms with Crippen LogP contribution in [0.3, 0.4) is 0 Å². The molecule has 1 aliphatic rings. The van der Waals surface area contributed by atoms with Crippen LogP contribution < -0.4 is 5.32 Å². The second-order valence-corrected chi connectivity index (χ2v) is 6.58. The number of carbonyl (C=O) groups is 2. The van der Waals surface area contributed by atoms with Crippen LogP contribution in [0.25, 0.3) is 0 Å². The Morgan fingerprint density at radius 3 is 2.43 bits per heavy atom. The predicted octanol–water partition coefficient (Wildman–Crippen LogP) is 2.02. The Morgan fingerprint density at radius 2 is 1.91 bits per heavy atom. The maximum Gasteiger partial charge on any atom is 0.356 e. The monoisotopic (exact) mass is 313 g/mol. The zero-order chi connectivity index (χ0) is 16.7. The zero-order valence-corrected chi connectivity index (χ0v) is 13.1. The summed E-state index contributed by atoms with van der Waals surface area (Å²) >= 11 is 0. The summed E-state index contributed by atoms with van der Waals surface area (Å²) in [7, 11) is 0. The number of carboxylic acid groups (broad SMARTS) is 1. The lowest BCUT2D eigenvalue weighted by atomic mass is 9.96. The molecule has 1 fully saturated rings. The third-order valence-corrected chi connectivity index (χ3v) is 4.52. The van der Waals surface area contributed by atoms with Gasteiger partial charge in [0.25, 0.3) is 0 Å². The Hall–Kier alpha value is -2.63. The maximum absolute atomic E-state index is 12.4. The smallest absolute Gasteiger partial charge is 0.356 e. The fourth-order valence-electron chi connectivity index (χ4n) is 3.11. The minimum atomic E-state index is -1.10. The number of hydrogen-bond donors (Lipinski definition) is 2. The molecule has 1 aromatic heterocycles. The quantitative estimate of drug-likeness (QED) is 0.884. The van der Waals surface area contributed by atoms with Gasteiger partial charge in [-0.15, -0.1) is 0 Å². The SMILES string of the molecule is CC1(C)CC1(NC(=O)Cn1ccc(C(=O)O)n1)c1ccccc1. The number of nitrogens with zero attached hydrogens (tertiary/aromatic N) is 2. The molecule has 1 heterocycles. The van der Waals surface area contributed by atoms with Gasteiger partial charge in [0.15, 0.2) is 5.69 Å². The van der Waals surface area contributed by atoms with Crippen molar-refractivity contribution in [2.75, 3.05) is 0 Å². The lowest BCUT2D eigenvalue weighted by Crippen LogP contribution is -2.40. The molecule has 0 saturated heterocycles. The van der Waals surface area contributed by atoms with Gasteiger partial charge in [0.05, 0.1) is 5.54 Å². The van der Waals surface area contributed by atoms with E-state index in [2.05, 4.69) is 24.3 Å². The summed E-state index contributed by atoms with van der Waals surface area (Å²) in [6.45, 7) is 4.24. The van der Waals surface area contributed by atoms with Crippen LogP contribution in [0.15, 0.2) is 42.6 Å². The van der Waals surface area contributed by atoms with Crippen molar-refractivity contribution in [3.63, 3.8) is 0 Å². The lowest BCUT2D eigenvalue weighted by molar-refractivity contribution is -0.123. The van der Waals surface area contributed by atoms with Crippen molar-refractivity contribution in [3.05, 3.63) is 53.9 Å². The van der Waals surface area contributed by atoms with Gasteiger partial charge in [-0.3, -0.25) is 9.48 Å². The molecule has 1 saturated carbocycles. The van der Waals surface area contributed by atoms with E-state index in [1.165, 1.54) is 16.9 Å². The molecular weight excluding hydrogens is 294 g/mol. The molecule has 6 heteroatoms. The van der Waals surface area contributed by atoms with Gasteiger partial charge in [-0.2, -0.15) is 5.10 Å². The minimum Gasteiger partial charge on any atom is -0.476 e. The molecule has 1 aromatic carbocycles. The van der Waals surface area contributed by atoms with Crippen molar-refractivity contribution in [2.45, 2.75) is 32.4 Å². The average Bonchev–Trinajstić information content (AvgIpc) is 2.85. The van der Waals surface area contributed by atoms with E-state index in [4.69, 9.17) is 5.11 Å². The number of aromatic nitrogens is 2. The molecule has 2 aromatic rings. The van der Waals surface area contributed by atoms with Gasteiger partial charge in [0.2, 0.25) is 5.91 Å². The molecule has 2 N–H and O–H groups in total. The third-order valence-electron chi connectivity index (χ3n) is 4.52. The van der Waals surface area contributed by atoms with Crippen LogP contribution in [0.4, 0.5) is 0 Å². The standard InChI is InChI=1S/C17H19N3O3/c1-16(2)11-17(16,12-6-4-3-5-7-12)18-14(21)10-20-9-8-13(19-20)15(22)23/h3-9H,10-11H2,1-2H3,(H,18,21)(H,22,23). The average molecular weight is 313 g/mol. The van der Waals surface area contributed by atoms with Crippen LogP contribution in [0.5, 0.6) is 0 Å². The number of amides is 1. The highest BCUT2D eigenvalue weighted by Gasteiger charge is 2.63. The zero-order valence-electron chi connectivity index (χ0n) is 13.1. The van der Waals surface area contributed by atoms with E-state index in [1.807, 2.05) is 30.3 Å². The summed E-state index contributed by atoms with van der Waals surface area (Å²) in [5.74, 6) is -1.28.